The number of rotatable bonds is 4. The lowest BCUT2D eigenvalue weighted by Crippen LogP contribution is -2.29. The predicted molar refractivity (Wildman–Crippen MR) is 131 cm³/mol. The minimum atomic E-state index is -0.478. The van der Waals surface area contributed by atoms with Crippen molar-refractivity contribution in [2.24, 2.45) is 0 Å². The molecular weight excluding hydrogens is 429 g/mol. The SMILES string of the molecule is COC(=O)c1ccc(-c2ccc(-c3ccc4c(c3)C(c3ccc(F)cc3)=CC(C)(C)O4)[nH]2)cc1. The van der Waals surface area contributed by atoms with E-state index in [0.29, 0.717) is 5.56 Å². The molecule has 2 heterocycles. The second-order valence-electron chi connectivity index (χ2n) is 8.84. The Kier molecular flexibility index (Phi) is 5.33. The fraction of sp³-hybridized carbons (Fsp3) is 0.138. The quantitative estimate of drug-likeness (QED) is 0.343. The van der Waals surface area contributed by atoms with Gasteiger partial charge in [0.25, 0.3) is 0 Å². The number of aromatic amines is 1. The van der Waals surface area contributed by atoms with Crippen molar-refractivity contribution < 1.29 is 18.7 Å². The van der Waals surface area contributed by atoms with E-state index >= 15 is 0 Å². The maximum absolute atomic E-state index is 13.5. The second-order valence-corrected chi connectivity index (χ2v) is 8.84. The van der Waals surface area contributed by atoms with Gasteiger partial charge in [0, 0.05) is 17.0 Å². The van der Waals surface area contributed by atoms with Crippen LogP contribution in [-0.2, 0) is 4.74 Å². The molecular formula is C29H24FNO3. The molecule has 0 radical (unpaired) electrons. The number of H-pyrrole nitrogens is 1. The summed E-state index contributed by atoms with van der Waals surface area (Å²) in [7, 11) is 1.37. The Morgan fingerprint density at radius 2 is 1.47 bits per heavy atom. The van der Waals surface area contributed by atoms with Crippen LogP contribution in [0.5, 0.6) is 5.75 Å². The number of ether oxygens (including phenoxy) is 2. The number of nitrogens with one attached hydrogen (secondary N) is 1. The van der Waals surface area contributed by atoms with Crippen molar-refractivity contribution in [1.82, 2.24) is 4.98 Å². The lowest BCUT2D eigenvalue weighted by Gasteiger charge is -2.31. The molecule has 3 aromatic carbocycles. The maximum atomic E-state index is 13.5. The average molecular weight is 454 g/mol. The molecule has 4 nitrogen and oxygen atoms in total. The van der Waals surface area contributed by atoms with E-state index in [2.05, 4.69) is 17.1 Å². The van der Waals surface area contributed by atoms with Gasteiger partial charge in [0.15, 0.2) is 0 Å². The third kappa shape index (κ3) is 4.13. The summed E-state index contributed by atoms with van der Waals surface area (Å²) >= 11 is 0. The average Bonchev–Trinajstić information content (AvgIpc) is 3.33. The van der Waals surface area contributed by atoms with Crippen LogP contribution in [0.2, 0.25) is 0 Å². The molecule has 1 aliphatic rings. The van der Waals surface area contributed by atoms with Crippen LogP contribution >= 0.6 is 0 Å². The maximum Gasteiger partial charge on any atom is 0.337 e. The molecule has 0 saturated heterocycles. The fourth-order valence-corrected chi connectivity index (χ4v) is 4.24. The van der Waals surface area contributed by atoms with Crippen molar-refractivity contribution in [2.75, 3.05) is 7.11 Å². The number of halogens is 1. The summed E-state index contributed by atoms with van der Waals surface area (Å²) in [4.78, 5) is 15.2. The van der Waals surface area contributed by atoms with Crippen LogP contribution in [0.3, 0.4) is 0 Å². The Labute approximate surface area is 197 Å². The highest BCUT2D eigenvalue weighted by Crippen LogP contribution is 2.41. The lowest BCUT2D eigenvalue weighted by molar-refractivity contribution is 0.0600. The summed E-state index contributed by atoms with van der Waals surface area (Å²) in [5, 5.41) is 0. The molecule has 5 rings (SSSR count). The molecule has 0 fully saturated rings. The smallest absolute Gasteiger partial charge is 0.337 e. The van der Waals surface area contributed by atoms with Gasteiger partial charge < -0.3 is 14.5 Å². The number of carbonyl (C=O) groups is 1. The highest BCUT2D eigenvalue weighted by molar-refractivity contribution is 5.90. The van der Waals surface area contributed by atoms with Crippen molar-refractivity contribution in [3.05, 3.63) is 107 Å². The van der Waals surface area contributed by atoms with E-state index in [-0.39, 0.29) is 11.8 Å². The number of methoxy groups -OCH3 is 1. The highest BCUT2D eigenvalue weighted by Gasteiger charge is 2.27. The standard InChI is InChI=1S/C29H24FNO3/c1-29(2)17-24(18-8-11-22(30)12-9-18)23-16-21(10-15-27(23)34-29)26-14-13-25(31-26)19-4-6-20(7-5-19)28(32)33-3/h4-17,31H,1-3H3. The van der Waals surface area contributed by atoms with Crippen molar-refractivity contribution in [3.63, 3.8) is 0 Å². The molecule has 0 bridgehead atoms. The predicted octanol–water partition coefficient (Wildman–Crippen LogP) is 6.88. The summed E-state index contributed by atoms with van der Waals surface area (Å²) in [6.45, 7) is 4.02. The van der Waals surface area contributed by atoms with Gasteiger partial charge in [-0.15, -0.1) is 0 Å². The number of benzene rings is 3. The third-order valence-corrected chi connectivity index (χ3v) is 5.90. The van der Waals surface area contributed by atoms with Gasteiger partial charge in [0.2, 0.25) is 0 Å². The number of carbonyl (C=O) groups excluding carboxylic acids is 1. The van der Waals surface area contributed by atoms with E-state index < -0.39 is 5.60 Å². The zero-order chi connectivity index (χ0) is 23.9. The Balaban J connectivity index is 1.50. The molecule has 0 spiro atoms. The van der Waals surface area contributed by atoms with E-state index in [9.17, 15) is 9.18 Å². The monoisotopic (exact) mass is 453 g/mol. The van der Waals surface area contributed by atoms with E-state index in [0.717, 1.165) is 45.0 Å². The van der Waals surface area contributed by atoms with Gasteiger partial charge in [-0.25, -0.2) is 9.18 Å². The summed E-state index contributed by atoms with van der Waals surface area (Å²) in [6.07, 6.45) is 2.08. The van der Waals surface area contributed by atoms with Crippen molar-refractivity contribution in [1.29, 1.82) is 0 Å². The van der Waals surface area contributed by atoms with Gasteiger partial charge in [-0.2, -0.15) is 0 Å². The van der Waals surface area contributed by atoms with Crippen LogP contribution < -0.4 is 4.74 Å². The first kappa shape index (κ1) is 21.7. The van der Waals surface area contributed by atoms with Gasteiger partial charge in [-0.05, 0) is 96.8 Å². The Bertz CT molecular complexity index is 1400. The molecule has 4 aromatic rings. The number of aromatic nitrogens is 1. The number of hydrogen-bond donors (Lipinski definition) is 1. The van der Waals surface area contributed by atoms with Crippen molar-refractivity contribution >= 4 is 11.5 Å². The normalized spacial score (nSPS) is 14.1. The summed E-state index contributed by atoms with van der Waals surface area (Å²) < 4.78 is 24.5. The van der Waals surface area contributed by atoms with Crippen LogP contribution in [0, 0.1) is 5.82 Å². The molecule has 0 atom stereocenters. The highest BCUT2D eigenvalue weighted by atomic mass is 19.1. The number of fused-ring (bicyclic) bond motifs is 1. The number of esters is 1. The van der Waals surface area contributed by atoms with Gasteiger partial charge in [-0.3, -0.25) is 0 Å². The minimum Gasteiger partial charge on any atom is -0.483 e. The first-order valence-corrected chi connectivity index (χ1v) is 11.0. The second kappa shape index (κ2) is 8.34. The van der Waals surface area contributed by atoms with E-state index in [1.165, 1.54) is 19.2 Å². The van der Waals surface area contributed by atoms with Crippen molar-refractivity contribution in [2.45, 2.75) is 19.4 Å². The Morgan fingerprint density at radius 1 is 0.853 bits per heavy atom. The first-order valence-electron chi connectivity index (χ1n) is 11.0. The van der Waals surface area contributed by atoms with E-state index in [1.54, 1.807) is 24.3 Å². The first-order chi connectivity index (χ1) is 16.3. The van der Waals surface area contributed by atoms with Gasteiger partial charge >= 0.3 is 5.97 Å². The molecule has 1 aliphatic heterocycles. The van der Waals surface area contributed by atoms with Crippen LogP contribution in [0.25, 0.3) is 28.1 Å². The van der Waals surface area contributed by atoms with Gasteiger partial charge in [0.1, 0.15) is 17.2 Å². The largest absolute Gasteiger partial charge is 0.483 e. The Hall–Kier alpha value is -4.12. The van der Waals surface area contributed by atoms with E-state index in [4.69, 9.17) is 9.47 Å². The topological polar surface area (TPSA) is 51.3 Å². The van der Waals surface area contributed by atoms with Crippen LogP contribution in [0.15, 0.2) is 84.9 Å². The van der Waals surface area contributed by atoms with Crippen LogP contribution in [0.4, 0.5) is 4.39 Å². The summed E-state index contributed by atoms with van der Waals surface area (Å²) in [6, 6.07) is 24.0. The molecule has 34 heavy (non-hydrogen) atoms. The molecule has 170 valence electrons. The zero-order valence-corrected chi connectivity index (χ0v) is 19.2. The van der Waals surface area contributed by atoms with Gasteiger partial charge in [0.05, 0.1) is 12.7 Å². The summed E-state index contributed by atoms with van der Waals surface area (Å²) in [5.41, 5.74) is 6.81. The Morgan fingerprint density at radius 3 is 2.15 bits per heavy atom. The molecule has 0 amide bonds. The van der Waals surface area contributed by atoms with Gasteiger partial charge in [-0.1, -0.05) is 24.3 Å². The molecule has 1 aromatic heterocycles. The molecule has 0 unspecified atom stereocenters. The van der Waals surface area contributed by atoms with Crippen LogP contribution in [0.1, 0.15) is 35.3 Å². The minimum absolute atomic E-state index is 0.261. The molecule has 5 heteroatoms. The number of hydrogen-bond acceptors (Lipinski definition) is 3. The van der Waals surface area contributed by atoms with Crippen molar-refractivity contribution in [3.8, 4) is 28.3 Å². The zero-order valence-electron chi connectivity index (χ0n) is 19.2. The van der Waals surface area contributed by atoms with Crippen LogP contribution in [-0.4, -0.2) is 23.7 Å². The van der Waals surface area contributed by atoms with E-state index in [1.807, 2.05) is 50.2 Å². The fourth-order valence-electron chi connectivity index (χ4n) is 4.24. The lowest BCUT2D eigenvalue weighted by atomic mass is 9.89. The molecule has 0 saturated carbocycles. The molecule has 1 N–H and O–H groups in total. The molecule has 0 aliphatic carbocycles. The third-order valence-electron chi connectivity index (χ3n) is 5.90. The summed E-state index contributed by atoms with van der Waals surface area (Å²) in [5.74, 6) is 0.173.